The first-order valence-electron chi connectivity index (χ1n) is 10.6. The largest absolute Gasteiger partial charge is 0.465 e. The Kier molecular flexibility index (Phi) is 6.39. The van der Waals surface area contributed by atoms with Crippen LogP contribution in [0.2, 0.25) is 0 Å². The van der Waals surface area contributed by atoms with E-state index in [0.717, 1.165) is 17.7 Å². The Bertz CT molecular complexity index is 1280. The Labute approximate surface area is 194 Å². The second-order valence-electron chi connectivity index (χ2n) is 7.71. The van der Waals surface area contributed by atoms with E-state index in [9.17, 15) is 19.7 Å². The summed E-state index contributed by atoms with van der Waals surface area (Å²) in [6.07, 6.45) is 2.20. The number of nitro groups is 1. The van der Waals surface area contributed by atoms with Crippen LogP contribution in [-0.2, 0) is 11.2 Å². The molecule has 0 spiro atoms. The minimum absolute atomic E-state index is 0.000532. The van der Waals surface area contributed by atoms with Gasteiger partial charge < -0.3 is 14.5 Å². The maximum atomic E-state index is 12.9. The number of anilines is 2. The standard InChI is InChI=1S/C24H22N4O6/c1-14-21-19(27-26-17-10-12-18(13-11-17)28(31)32)4-3-5-20(21)34-22(14)23(29)25-16-8-6-15(7-9-16)24(30)33-2/h6-13,26H,3-5H2,1-2H3,(H,25,29)/b27-19+. The number of carbonyl (C=O) groups is 2. The van der Waals surface area contributed by atoms with Crippen molar-refractivity contribution in [2.75, 3.05) is 17.9 Å². The third-order valence-electron chi connectivity index (χ3n) is 5.49. The number of fused-ring (bicyclic) bond motifs is 1. The number of non-ortho nitro benzene ring substituents is 1. The van der Waals surface area contributed by atoms with Crippen molar-refractivity contribution in [2.24, 2.45) is 5.10 Å². The highest BCUT2D eigenvalue weighted by molar-refractivity contribution is 6.09. The van der Waals surface area contributed by atoms with E-state index < -0.39 is 16.8 Å². The number of furan rings is 1. The number of rotatable bonds is 6. The quantitative estimate of drug-likeness (QED) is 0.308. The molecular weight excluding hydrogens is 440 g/mol. The molecule has 1 amide bonds. The van der Waals surface area contributed by atoms with Crippen LogP contribution in [-0.4, -0.2) is 29.6 Å². The molecule has 0 radical (unpaired) electrons. The van der Waals surface area contributed by atoms with Gasteiger partial charge in [0.15, 0.2) is 5.76 Å². The number of ether oxygens (including phenoxy) is 1. The van der Waals surface area contributed by atoms with E-state index in [-0.39, 0.29) is 11.4 Å². The van der Waals surface area contributed by atoms with Crippen LogP contribution in [0.1, 0.15) is 50.6 Å². The highest BCUT2D eigenvalue weighted by atomic mass is 16.6. The maximum Gasteiger partial charge on any atom is 0.337 e. The zero-order valence-corrected chi connectivity index (χ0v) is 18.6. The van der Waals surface area contributed by atoms with E-state index in [1.807, 2.05) is 6.92 Å². The second kappa shape index (κ2) is 9.57. The van der Waals surface area contributed by atoms with E-state index >= 15 is 0 Å². The minimum Gasteiger partial charge on any atom is -0.465 e. The van der Waals surface area contributed by atoms with Gasteiger partial charge in [-0.05, 0) is 56.2 Å². The SMILES string of the molecule is COC(=O)c1ccc(NC(=O)c2oc3c(c2C)/C(=N/Nc2ccc([N+](=O)[O-])cc2)CCC3)cc1. The Morgan fingerprint density at radius 1 is 1.06 bits per heavy atom. The Morgan fingerprint density at radius 3 is 2.38 bits per heavy atom. The van der Waals surface area contributed by atoms with Crippen molar-refractivity contribution in [3.05, 3.63) is 86.9 Å². The zero-order chi connectivity index (χ0) is 24.2. The fourth-order valence-electron chi connectivity index (χ4n) is 3.78. The lowest BCUT2D eigenvalue weighted by atomic mass is 9.93. The van der Waals surface area contributed by atoms with Gasteiger partial charge in [-0.1, -0.05) is 0 Å². The zero-order valence-electron chi connectivity index (χ0n) is 18.6. The summed E-state index contributed by atoms with van der Waals surface area (Å²) >= 11 is 0. The summed E-state index contributed by atoms with van der Waals surface area (Å²) in [5.74, 6) is 0.0353. The van der Waals surface area contributed by atoms with Gasteiger partial charge in [0.1, 0.15) is 5.76 Å². The van der Waals surface area contributed by atoms with Crippen LogP contribution in [0.5, 0.6) is 0 Å². The molecule has 10 nitrogen and oxygen atoms in total. The van der Waals surface area contributed by atoms with Gasteiger partial charge in [0.2, 0.25) is 0 Å². The lowest BCUT2D eigenvalue weighted by Crippen LogP contribution is -2.14. The molecule has 3 aromatic rings. The molecule has 0 aliphatic heterocycles. The van der Waals surface area contributed by atoms with Gasteiger partial charge in [-0.3, -0.25) is 20.3 Å². The lowest BCUT2D eigenvalue weighted by molar-refractivity contribution is -0.384. The molecule has 4 rings (SSSR count). The molecule has 0 atom stereocenters. The van der Waals surface area contributed by atoms with Gasteiger partial charge >= 0.3 is 5.97 Å². The number of nitrogens with one attached hydrogen (secondary N) is 2. The normalized spacial score (nSPS) is 13.8. The van der Waals surface area contributed by atoms with Crippen LogP contribution in [0.15, 0.2) is 58.0 Å². The Balaban J connectivity index is 1.52. The summed E-state index contributed by atoms with van der Waals surface area (Å²) in [5, 5.41) is 18.1. The first-order chi connectivity index (χ1) is 16.4. The molecule has 0 bridgehead atoms. The predicted molar refractivity (Wildman–Crippen MR) is 125 cm³/mol. The van der Waals surface area contributed by atoms with E-state index in [0.29, 0.717) is 41.1 Å². The summed E-state index contributed by atoms with van der Waals surface area (Å²) in [7, 11) is 1.30. The third kappa shape index (κ3) is 4.65. The number of benzene rings is 2. The van der Waals surface area contributed by atoms with Crippen molar-refractivity contribution in [3.63, 3.8) is 0 Å². The summed E-state index contributed by atoms with van der Waals surface area (Å²) < 4.78 is 10.6. The number of nitro benzene ring substituents is 1. The molecule has 1 aliphatic rings. The summed E-state index contributed by atoms with van der Waals surface area (Å²) in [6.45, 7) is 1.81. The molecule has 34 heavy (non-hydrogen) atoms. The van der Waals surface area contributed by atoms with Crippen LogP contribution in [0.3, 0.4) is 0 Å². The van der Waals surface area contributed by atoms with Crippen LogP contribution in [0.4, 0.5) is 17.1 Å². The number of methoxy groups -OCH3 is 1. The number of esters is 1. The topological polar surface area (TPSA) is 136 Å². The fourth-order valence-corrected chi connectivity index (χ4v) is 3.78. The molecule has 0 fully saturated rings. The molecule has 1 aromatic heterocycles. The van der Waals surface area contributed by atoms with Crippen LogP contribution in [0.25, 0.3) is 0 Å². The predicted octanol–water partition coefficient (Wildman–Crippen LogP) is 4.69. The second-order valence-corrected chi connectivity index (χ2v) is 7.71. The molecule has 174 valence electrons. The molecule has 10 heteroatoms. The molecule has 2 N–H and O–H groups in total. The van der Waals surface area contributed by atoms with Gasteiger partial charge in [0.05, 0.1) is 29.0 Å². The van der Waals surface area contributed by atoms with Crippen LogP contribution < -0.4 is 10.7 Å². The van der Waals surface area contributed by atoms with Crippen molar-refractivity contribution in [3.8, 4) is 0 Å². The molecule has 0 saturated carbocycles. The summed E-state index contributed by atoms with van der Waals surface area (Å²) in [6, 6.07) is 12.3. The van der Waals surface area contributed by atoms with Crippen molar-refractivity contribution < 1.29 is 23.7 Å². The molecule has 2 aromatic carbocycles. The summed E-state index contributed by atoms with van der Waals surface area (Å²) in [5.41, 5.74) is 6.67. The average Bonchev–Trinajstić information content (AvgIpc) is 3.20. The minimum atomic E-state index is -0.460. The Morgan fingerprint density at radius 2 is 1.74 bits per heavy atom. The number of hydrogen-bond acceptors (Lipinski definition) is 8. The smallest absolute Gasteiger partial charge is 0.337 e. The molecular formula is C24H22N4O6. The third-order valence-corrected chi connectivity index (χ3v) is 5.49. The van der Waals surface area contributed by atoms with Crippen molar-refractivity contribution >= 4 is 34.7 Å². The van der Waals surface area contributed by atoms with Gasteiger partial charge in [0, 0.05) is 35.4 Å². The van der Waals surface area contributed by atoms with E-state index in [1.54, 1.807) is 36.4 Å². The first-order valence-corrected chi connectivity index (χ1v) is 10.6. The lowest BCUT2D eigenvalue weighted by Gasteiger charge is -2.13. The summed E-state index contributed by atoms with van der Waals surface area (Å²) in [4.78, 5) is 34.8. The highest BCUT2D eigenvalue weighted by Gasteiger charge is 2.28. The number of hydrogen-bond donors (Lipinski definition) is 2. The molecule has 0 unspecified atom stereocenters. The monoisotopic (exact) mass is 462 g/mol. The van der Waals surface area contributed by atoms with Gasteiger partial charge in [-0.25, -0.2) is 4.79 Å². The fraction of sp³-hybridized carbons (Fsp3) is 0.208. The van der Waals surface area contributed by atoms with E-state index in [4.69, 9.17) is 4.42 Å². The number of carbonyl (C=O) groups excluding carboxylic acids is 2. The highest BCUT2D eigenvalue weighted by Crippen LogP contribution is 2.30. The Hall–Kier alpha value is -4.47. The number of nitrogens with zero attached hydrogens (tertiary/aromatic N) is 2. The van der Waals surface area contributed by atoms with Gasteiger partial charge in [-0.15, -0.1) is 0 Å². The van der Waals surface area contributed by atoms with E-state index in [2.05, 4.69) is 20.6 Å². The molecule has 0 saturated heterocycles. The van der Waals surface area contributed by atoms with Crippen molar-refractivity contribution in [2.45, 2.75) is 26.2 Å². The van der Waals surface area contributed by atoms with Gasteiger partial charge in [-0.2, -0.15) is 5.10 Å². The number of aryl methyl sites for hydroxylation is 1. The van der Waals surface area contributed by atoms with Crippen molar-refractivity contribution in [1.29, 1.82) is 0 Å². The number of amides is 1. The molecule has 1 aliphatic carbocycles. The van der Waals surface area contributed by atoms with E-state index in [1.165, 1.54) is 19.2 Å². The number of hydrazone groups is 1. The maximum absolute atomic E-state index is 12.9. The van der Waals surface area contributed by atoms with Gasteiger partial charge in [0.25, 0.3) is 11.6 Å². The average molecular weight is 462 g/mol. The first kappa shape index (κ1) is 22.7. The van der Waals surface area contributed by atoms with Crippen molar-refractivity contribution in [1.82, 2.24) is 0 Å². The van der Waals surface area contributed by atoms with Crippen LogP contribution in [0, 0.1) is 17.0 Å². The molecule has 1 heterocycles. The van der Waals surface area contributed by atoms with Crippen LogP contribution >= 0.6 is 0 Å².